The molecule has 0 saturated heterocycles. The normalized spacial score (nSPS) is 12.9. The zero-order chi connectivity index (χ0) is 10.6. The summed E-state index contributed by atoms with van der Waals surface area (Å²) in [4.78, 5) is 0. The van der Waals surface area contributed by atoms with Gasteiger partial charge in [-0.05, 0) is 25.5 Å². The molecule has 1 aromatic carbocycles. The lowest BCUT2D eigenvalue weighted by Crippen LogP contribution is -2.09. The molecule has 1 rings (SSSR count). The van der Waals surface area contributed by atoms with Crippen LogP contribution in [0, 0.1) is 0 Å². The predicted octanol–water partition coefficient (Wildman–Crippen LogP) is 2.57. The number of ether oxygens (including phenoxy) is 1. The Hall–Kier alpha value is -1.02. The predicted molar refractivity (Wildman–Crippen MR) is 57.7 cm³/mol. The van der Waals surface area contributed by atoms with Crippen LogP contribution in [0.4, 0.5) is 0 Å². The summed E-state index contributed by atoms with van der Waals surface area (Å²) in [5.41, 5.74) is 1.07. The summed E-state index contributed by atoms with van der Waals surface area (Å²) in [6.07, 6.45) is 0.169. The molecule has 0 aromatic heterocycles. The first kappa shape index (κ1) is 11.1. The Balaban J connectivity index is 2.91. The van der Waals surface area contributed by atoms with Crippen LogP contribution in [-0.4, -0.2) is 17.8 Å². The van der Waals surface area contributed by atoms with E-state index in [1.807, 2.05) is 45.0 Å². The Morgan fingerprint density at radius 1 is 1.21 bits per heavy atom. The molecule has 0 heterocycles. The molecule has 0 fully saturated rings. The lowest BCUT2D eigenvalue weighted by Gasteiger charge is -2.17. The van der Waals surface area contributed by atoms with Gasteiger partial charge in [-0.1, -0.05) is 25.1 Å². The van der Waals surface area contributed by atoms with Crippen LogP contribution in [0.3, 0.4) is 0 Å². The Bertz CT molecular complexity index is 281. The van der Waals surface area contributed by atoms with Crippen LogP contribution in [0.15, 0.2) is 24.3 Å². The van der Waals surface area contributed by atoms with Gasteiger partial charge in [0.1, 0.15) is 5.75 Å². The maximum atomic E-state index is 9.09. The Morgan fingerprint density at radius 2 is 1.86 bits per heavy atom. The molecule has 0 aliphatic heterocycles. The highest BCUT2D eigenvalue weighted by molar-refractivity contribution is 5.36. The summed E-state index contributed by atoms with van der Waals surface area (Å²) in [6, 6.07) is 7.86. The summed E-state index contributed by atoms with van der Waals surface area (Å²) < 4.78 is 5.66. The second-order valence-electron chi connectivity index (χ2n) is 3.79. The number of hydrogen-bond acceptors (Lipinski definition) is 2. The number of rotatable bonds is 4. The molecule has 1 N–H and O–H groups in total. The van der Waals surface area contributed by atoms with Crippen molar-refractivity contribution in [3.63, 3.8) is 0 Å². The molecule has 0 amide bonds. The quantitative estimate of drug-likeness (QED) is 0.798. The first-order valence-electron chi connectivity index (χ1n) is 5.01. The van der Waals surface area contributed by atoms with E-state index in [2.05, 4.69) is 0 Å². The lowest BCUT2D eigenvalue weighted by molar-refractivity contribution is 0.231. The van der Waals surface area contributed by atoms with E-state index in [4.69, 9.17) is 9.84 Å². The topological polar surface area (TPSA) is 29.5 Å². The minimum Gasteiger partial charge on any atom is -0.491 e. The van der Waals surface area contributed by atoms with Gasteiger partial charge >= 0.3 is 0 Å². The van der Waals surface area contributed by atoms with Gasteiger partial charge in [-0.15, -0.1) is 0 Å². The maximum Gasteiger partial charge on any atom is 0.123 e. The van der Waals surface area contributed by atoms with Crippen LogP contribution in [0.1, 0.15) is 32.3 Å². The van der Waals surface area contributed by atoms with Crippen molar-refractivity contribution in [1.29, 1.82) is 0 Å². The van der Waals surface area contributed by atoms with Gasteiger partial charge in [-0.25, -0.2) is 0 Å². The van der Waals surface area contributed by atoms with Gasteiger partial charge in [-0.2, -0.15) is 0 Å². The molecule has 78 valence electrons. The van der Waals surface area contributed by atoms with Crippen LogP contribution in [-0.2, 0) is 0 Å². The average molecular weight is 194 g/mol. The van der Waals surface area contributed by atoms with Crippen molar-refractivity contribution in [3.8, 4) is 5.75 Å². The number of para-hydroxylation sites is 1. The third kappa shape index (κ3) is 2.74. The minimum absolute atomic E-state index is 0.130. The van der Waals surface area contributed by atoms with E-state index in [0.717, 1.165) is 11.3 Å². The second kappa shape index (κ2) is 5.01. The molecule has 0 radical (unpaired) electrons. The van der Waals surface area contributed by atoms with Gasteiger partial charge in [0.15, 0.2) is 0 Å². The molecule has 0 spiro atoms. The molecule has 1 atom stereocenters. The third-order valence-electron chi connectivity index (χ3n) is 2.09. The van der Waals surface area contributed by atoms with Crippen LogP contribution in [0.25, 0.3) is 0 Å². The highest BCUT2D eigenvalue weighted by atomic mass is 16.5. The van der Waals surface area contributed by atoms with Gasteiger partial charge < -0.3 is 9.84 Å². The molecular weight excluding hydrogens is 176 g/mol. The number of aliphatic hydroxyl groups excluding tert-OH is 1. The molecule has 2 heteroatoms. The number of hydrogen-bond donors (Lipinski definition) is 1. The van der Waals surface area contributed by atoms with Crippen molar-refractivity contribution in [2.24, 2.45) is 0 Å². The highest BCUT2D eigenvalue weighted by Gasteiger charge is 2.10. The van der Waals surface area contributed by atoms with E-state index in [1.165, 1.54) is 0 Å². The van der Waals surface area contributed by atoms with E-state index in [0.29, 0.717) is 0 Å². The summed E-state index contributed by atoms with van der Waals surface area (Å²) in [6.45, 7) is 6.14. The van der Waals surface area contributed by atoms with Gasteiger partial charge in [0.25, 0.3) is 0 Å². The molecule has 0 aliphatic carbocycles. The Labute approximate surface area is 85.5 Å². The van der Waals surface area contributed by atoms with Gasteiger partial charge in [0.2, 0.25) is 0 Å². The van der Waals surface area contributed by atoms with Crippen LogP contribution >= 0.6 is 0 Å². The van der Waals surface area contributed by atoms with E-state index >= 15 is 0 Å². The monoisotopic (exact) mass is 194 g/mol. The number of benzene rings is 1. The van der Waals surface area contributed by atoms with Crippen molar-refractivity contribution in [2.75, 3.05) is 6.61 Å². The Morgan fingerprint density at radius 3 is 2.43 bits per heavy atom. The number of aliphatic hydroxyl groups is 1. The fourth-order valence-corrected chi connectivity index (χ4v) is 1.35. The highest BCUT2D eigenvalue weighted by Crippen LogP contribution is 2.26. The SMILES string of the molecule is CC(C)Oc1ccccc1[C@@H](C)CO. The molecule has 14 heavy (non-hydrogen) atoms. The van der Waals surface area contributed by atoms with Crippen molar-refractivity contribution >= 4 is 0 Å². The van der Waals surface area contributed by atoms with E-state index in [-0.39, 0.29) is 18.6 Å². The Kier molecular flexibility index (Phi) is 3.96. The van der Waals surface area contributed by atoms with Crippen molar-refractivity contribution in [1.82, 2.24) is 0 Å². The maximum absolute atomic E-state index is 9.09. The molecule has 2 nitrogen and oxygen atoms in total. The standard InChI is InChI=1S/C12H18O2/c1-9(2)14-12-7-5-4-6-11(12)10(3)8-13/h4-7,9-10,13H,8H2,1-3H3/t10-/m0/s1. The molecule has 1 aromatic rings. The zero-order valence-electron chi connectivity index (χ0n) is 9.03. The minimum atomic E-state index is 0.130. The summed E-state index contributed by atoms with van der Waals surface area (Å²) >= 11 is 0. The average Bonchev–Trinajstić information content (AvgIpc) is 2.16. The lowest BCUT2D eigenvalue weighted by atomic mass is 10.0. The van der Waals surface area contributed by atoms with Crippen molar-refractivity contribution < 1.29 is 9.84 Å². The van der Waals surface area contributed by atoms with Gasteiger partial charge in [0.05, 0.1) is 6.10 Å². The van der Waals surface area contributed by atoms with Gasteiger partial charge in [0, 0.05) is 12.5 Å². The second-order valence-corrected chi connectivity index (χ2v) is 3.79. The van der Waals surface area contributed by atoms with E-state index in [9.17, 15) is 0 Å². The van der Waals surface area contributed by atoms with Crippen LogP contribution in [0.2, 0.25) is 0 Å². The van der Waals surface area contributed by atoms with Crippen molar-refractivity contribution in [2.45, 2.75) is 32.8 Å². The first-order chi connectivity index (χ1) is 6.65. The van der Waals surface area contributed by atoms with Crippen LogP contribution in [0.5, 0.6) is 5.75 Å². The zero-order valence-corrected chi connectivity index (χ0v) is 9.03. The fourth-order valence-electron chi connectivity index (χ4n) is 1.35. The molecule has 0 saturated carbocycles. The van der Waals surface area contributed by atoms with Gasteiger partial charge in [-0.3, -0.25) is 0 Å². The van der Waals surface area contributed by atoms with E-state index < -0.39 is 0 Å². The summed E-state index contributed by atoms with van der Waals surface area (Å²) in [5.74, 6) is 1.01. The smallest absolute Gasteiger partial charge is 0.123 e. The van der Waals surface area contributed by atoms with Crippen LogP contribution < -0.4 is 4.74 Å². The molecule has 0 unspecified atom stereocenters. The van der Waals surface area contributed by atoms with E-state index in [1.54, 1.807) is 0 Å². The molecule has 0 aliphatic rings. The van der Waals surface area contributed by atoms with Crippen molar-refractivity contribution in [3.05, 3.63) is 29.8 Å². The first-order valence-corrected chi connectivity index (χ1v) is 5.01. The fraction of sp³-hybridized carbons (Fsp3) is 0.500. The largest absolute Gasteiger partial charge is 0.491 e. The molecular formula is C12H18O2. The summed E-state index contributed by atoms with van der Waals surface area (Å²) in [5, 5.41) is 9.09. The molecule has 0 bridgehead atoms. The summed E-state index contributed by atoms with van der Waals surface area (Å²) in [7, 11) is 0. The third-order valence-corrected chi connectivity index (χ3v) is 2.09.